The number of para-hydroxylation sites is 1. The van der Waals surface area contributed by atoms with Gasteiger partial charge in [-0.2, -0.15) is 0 Å². The van der Waals surface area contributed by atoms with Gasteiger partial charge >= 0.3 is 0 Å². The number of nitrogens with zero attached hydrogens (tertiary/aromatic N) is 3. The number of halogens is 2. The maximum Gasteiger partial charge on any atom is 0.215 e. The Morgan fingerprint density at radius 2 is 1.95 bits per heavy atom. The molecule has 3 aromatic rings. The van der Waals surface area contributed by atoms with Crippen molar-refractivity contribution >= 4 is 40.3 Å². The van der Waals surface area contributed by atoms with Crippen molar-refractivity contribution in [1.29, 1.82) is 0 Å². The molecule has 0 aliphatic carbocycles. The monoisotopic (exact) mass is 323 g/mol. The number of thiophene rings is 1. The number of ketones is 1. The fourth-order valence-corrected chi connectivity index (χ4v) is 3.24. The van der Waals surface area contributed by atoms with E-state index in [0.717, 1.165) is 17.0 Å². The Kier molecular flexibility index (Phi) is 3.56. The molecule has 0 spiro atoms. The SMILES string of the molecule is O=C(c1cc(Cl)sc1Cl)c1cnnn1-c1ccccc1. The summed E-state index contributed by atoms with van der Waals surface area (Å²) in [5.41, 5.74) is 1.46. The van der Waals surface area contributed by atoms with Crippen molar-refractivity contribution in [2.45, 2.75) is 0 Å². The largest absolute Gasteiger partial charge is 0.287 e. The maximum absolute atomic E-state index is 12.5. The second-order valence-corrected chi connectivity index (χ2v) is 6.22. The molecular weight excluding hydrogens is 317 g/mol. The van der Waals surface area contributed by atoms with Crippen LogP contribution >= 0.6 is 34.5 Å². The number of carbonyl (C=O) groups excluding carboxylic acids is 1. The van der Waals surface area contributed by atoms with E-state index in [2.05, 4.69) is 10.3 Å². The smallest absolute Gasteiger partial charge is 0.215 e. The molecule has 100 valence electrons. The van der Waals surface area contributed by atoms with Crippen molar-refractivity contribution in [1.82, 2.24) is 15.0 Å². The van der Waals surface area contributed by atoms with Crippen LogP contribution in [0.1, 0.15) is 16.1 Å². The summed E-state index contributed by atoms with van der Waals surface area (Å²) >= 11 is 13.0. The van der Waals surface area contributed by atoms with Crippen LogP contribution in [0.25, 0.3) is 5.69 Å². The van der Waals surface area contributed by atoms with Crippen LogP contribution in [0.2, 0.25) is 8.67 Å². The van der Waals surface area contributed by atoms with E-state index in [9.17, 15) is 4.79 Å². The molecule has 0 aliphatic heterocycles. The van der Waals surface area contributed by atoms with Gasteiger partial charge in [0.2, 0.25) is 5.78 Å². The number of benzene rings is 1. The van der Waals surface area contributed by atoms with Gasteiger partial charge in [0, 0.05) is 0 Å². The summed E-state index contributed by atoms with van der Waals surface area (Å²) in [4.78, 5) is 12.5. The van der Waals surface area contributed by atoms with Crippen LogP contribution < -0.4 is 0 Å². The topological polar surface area (TPSA) is 47.8 Å². The Hall–Kier alpha value is -1.69. The van der Waals surface area contributed by atoms with Crippen LogP contribution in [0.5, 0.6) is 0 Å². The van der Waals surface area contributed by atoms with Gasteiger partial charge in [-0.05, 0) is 18.2 Å². The fourth-order valence-electron chi connectivity index (χ4n) is 1.78. The van der Waals surface area contributed by atoms with Crippen LogP contribution in [0.4, 0.5) is 0 Å². The Labute approximate surface area is 128 Å². The molecular formula is C13H7Cl2N3OS. The van der Waals surface area contributed by atoms with E-state index in [1.165, 1.54) is 10.9 Å². The molecule has 20 heavy (non-hydrogen) atoms. The highest BCUT2D eigenvalue weighted by molar-refractivity contribution is 7.20. The third kappa shape index (κ3) is 2.35. The lowest BCUT2D eigenvalue weighted by molar-refractivity contribution is 0.103. The Morgan fingerprint density at radius 3 is 2.60 bits per heavy atom. The number of hydrogen-bond acceptors (Lipinski definition) is 4. The summed E-state index contributed by atoms with van der Waals surface area (Å²) in [6.07, 6.45) is 1.41. The van der Waals surface area contributed by atoms with Crippen molar-refractivity contribution in [2.75, 3.05) is 0 Å². The van der Waals surface area contributed by atoms with E-state index in [-0.39, 0.29) is 5.78 Å². The van der Waals surface area contributed by atoms with E-state index in [1.807, 2.05) is 30.3 Å². The predicted octanol–water partition coefficient (Wildman–Crippen LogP) is 3.87. The second-order valence-electron chi connectivity index (χ2n) is 3.93. The first kappa shape index (κ1) is 13.3. The molecule has 0 atom stereocenters. The molecule has 0 fully saturated rings. The summed E-state index contributed by atoms with van der Waals surface area (Å²) in [6, 6.07) is 10.8. The summed E-state index contributed by atoms with van der Waals surface area (Å²) in [5.74, 6) is -0.257. The zero-order valence-electron chi connectivity index (χ0n) is 9.96. The first-order valence-corrected chi connectivity index (χ1v) is 7.19. The molecule has 2 heterocycles. The molecule has 4 nitrogen and oxygen atoms in total. The van der Waals surface area contributed by atoms with Crippen molar-refractivity contribution in [3.05, 3.63) is 62.5 Å². The third-order valence-electron chi connectivity index (χ3n) is 2.68. The van der Waals surface area contributed by atoms with Crippen LogP contribution in [0.3, 0.4) is 0 Å². The number of carbonyl (C=O) groups is 1. The minimum Gasteiger partial charge on any atom is -0.287 e. The molecule has 0 unspecified atom stereocenters. The van der Waals surface area contributed by atoms with Crippen LogP contribution in [-0.4, -0.2) is 20.8 Å². The minimum atomic E-state index is -0.257. The number of rotatable bonds is 3. The van der Waals surface area contributed by atoms with Crippen LogP contribution in [-0.2, 0) is 0 Å². The van der Waals surface area contributed by atoms with E-state index in [1.54, 1.807) is 6.07 Å². The Morgan fingerprint density at radius 1 is 1.20 bits per heavy atom. The van der Waals surface area contributed by atoms with Gasteiger partial charge in [-0.25, -0.2) is 4.68 Å². The fraction of sp³-hybridized carbons (Fsp3) is 0. The second kappa shape index (κ2) is 5.36. The normalized spacial score (nSPS) is 10.7. The summed E-state index contributed by atoms with van der Waals surface area (Å²) in [6.45, 7) is 0. The lowest BCUT2D eigenvalue weighted by Gasteiger charge is -2.04. The predicted molar refractivity (Wildman–Crippen MR) is 79.1 cm³/mol. The minimum absolute atomic E-state index is 0.257. The molecule has 0 saturated heterocycles. The van der Waals surface area contributed by atoms with Crippen molar-refractivity contribution in [2.24, 2.45) is 0 Å². The highest BCUT2D eigenvalue weighted by Gasteiger charge is 2.21. The third-order valence-corrected chi connectivity index (χ3v) is 4.17. The van der Waals surface area contributed by atoms with Gasteiger partial charge in [-0.15, -0.1) is 16.4 Å². The van der Waals surface area contributed by atoms with Crippen LogP contribution in [0.15, 0.2) is 42.6 Å². The van der Waals surface area contributed by atoms with Gasteiger partial charge in [-0.3, -0.25) is 4.79 Å². The van der Waals surface area contributed by atoms with Gasteiger partial charge < -0.3 is 0 Å². The van der Waals surface area contributed by atoms with E-state index < -0.39 is 0 Å². The molecule has 0 saturated carbocycles. The average Bonchev–Trinajstić information content (AvgIpc) is 3.05. The van der Waals surface area contributed by atoms with Crippen molar-refractivity contribution in [3.63, 3.8) is 0 Å². The van der Waals surface area contributed by atoms with Crippen LogP contribution in [0, 0.1) is 0 Å². The van der Waals surface area contributed by atoms with Gasteiger partial charge in [0.15, 0.2) is 0 Å². The van der Waals surface area contributed by atoms with Gasteiger partial charge in [0.1, 0.15) is 10.0 Å². The first-order valence-electron chi connectivity index (χ1n) is 5.62. The average molecular weight is 324 g/mol. The molecule has 0 radical (unpaired) electrons. The lowest BCUT2D eigenvalue weighted by Crippen LogP contribution is -2.09. The molecule has 2 aromatic heterocycles. The summed E-state index contributed by atoms with van der Waals surface area (Å²) in [5, 5.41) is 7.74. The summed E-state index contributed by atoms with van der Waals surface area (Å²) in [7, 11) is 0. The van der Waals surface area contributed by atoms with E-state index >= 15 is 0 Å². The quantitative estimate of drug-likeness (QED) is 0.687. The molecule has 3 rings (SSSR count). The first-order chi connectivity index (χ1) is 9.66. The van der Waals surface area contributed by atoms with Gasteiger partial charge in [0.25, 0.3) is 0 Å². The van der Waals surface area contributed by atoms with Gasteiger partial charge in [0.05, 0.1) is 21.8 Å². The highest BCUT2D eigenvalue weighted by atomic mass is 35.5. The zero-order valence-corrected chi connectivity index (χ0v) is 12.3. The van der Waals surface area contributed by atoms with Crippen molar-refractivity contribution in [3.8, 4) is 5.69 Å². The molecule has 0 amide bonds. The summed E-state index contributed by atoms with van der Waals surface area (Å²) < 4.78 is 2.31. The molecule has 0 N–H and O–H groups in total. The zero-order chi connectivity index (χ0) is 14.1. The molecule has 1 aromatic carbocycles. The Balaban J connectivity index is 2.06. The molecule has 0 aliphatic rings. The maximum atomic E-state index is 12.5. The molecule has 0 bridgehead atoms. The van der Waals surface area contributed by atoms with E-state index in [4.69, 9.17) is 23.2 Å². The van der Waals surface area contributed by atoms with Gasteiger partial charge in [-0.1, -0.05) is 46.6 Å². The lowest BCUT2D eigenvalue weighted by atomic mass is 10.1. The van der Waals surface area contributed by atoms with E-state index in [0.29, 0.717) is 19.9 Å². The van der Waals surface area contributed by atoms with Crippen molar-refractivity contribution < 1.29 is 4.79 Å². The Bertz CT molecular complexity index is 767. The molecule has 7 heteroatoms. The number of aromatic nitrogens is 3. The highest BCUT2D eigenvalue weighted by Crippen LogP contribution is 2.32. The number of hydrogen-bond donors (Lipinski definition) is 0. The standard InChI is InChI=1S/C13H7Cl2N3OS/c14-11-6-9(13(15)20-11)12(19)10-7-16-17-18(10)8-4-2-1-3-5-8/h1-7H.